The van der Waals surface area contributed by atoms with Crippen molar-refractivity contribution in [2.45, 2.75) is 373 Å². The van der Waals surface area contributed by atoms with Crippen molar-refractivity contribution >= 4 is 11.9 Å². The summed E-state index contributed by atoms with van der Waals surface area (Å²) in [6.07, 6.45) is 68.2. The van der Waals surface area contributed by atoms with Crippen molar-refractivity contribution in [2.24, 2.45) is 0 Å². The molecule has 0 aliphatic carbocycles. The highest BCUT2D eigenvalue weighted by Crippen LogP contribution is 2.19. The summed E-state index contributed by atoms with van der Waals surface area (Å²) in [4.78, 5) is 24.6. The molecule has 68 heavy (non-hydrogen) atoms. The second-order valence-corrected chi connectivity index (χ2v) is 21.8. The molecule has 0 aliphatic rings. The van der Waals surface area contributed by atoms with Gasteiger partial charge >= 0.3 is 5.97 Å². The van der Waals surface area contributed by atoms with Crippen LogP contribution in [0.3, 0.4) is 0 Å². The van der Waals surface area contributed by atoms with E-state index in [1.54, 1.807) is 0 Å². The van der Waals surface area contributed by atoms with Gasteiger partial charge in [0.2, 0.25) is 5.91 Å². The van der Waals surface area contributed by atoms with E-state index in [9.17, 15) is 19.8 Å². The second kappa shape index (κ2) is 58.4. The minimum absolute atomic E-state index is 0.0186. The summed E-state index contributed by atoms with van der Waals surface area (Å²) in [5.41, 5.74) is 0. The quantitative estimate of drug-likeness (QED) is 0.0417. The van der Waals surface area contributed by atoms with Gasteiger partial charge in [0.15, 0.2) is 0 Å². The van der Waals surface area contributed by atoms with Crippen molar-refractivity contribution in [3.05, 3.63) is 0 Å². The molecule has 0 heterocycles. The Labute approximate surface area is 426 Å². The molecule has 0 saturated heterocycles. The van der Waals surface area contributed by atoms with Gasteiger partial charge in [-0.3, -0.25) is 9.59 Å². The van der Waals surface area contributed by atoms with Gasteiger partial charge in [-0.1, -0.05) is 322 Å². The van der Waals surface area contributed by atoms with Gasteiger partial charge in [0.1, 0.15) is 0 Å². The topological polar surface area (TPSA) is 95.9 Å². The van der Waals surface area contributed by atoms with Gasteiger partial charge < -0.3 is 20.3 Å². The number of carbonyl (C=O) groups excluding carboxylic acids is 2. The molecular formula is C62H123NO5. The van der Waals surface area contributed by atoms with Crippen LogP contribution in [0.2, 0.25) is 0 Å². The maximum atomic E-state index is 12.5. The van der Waals surface area contributed by atoms with Crippen molar-refractivity contribution in [3.8, 4) is 0 Å². The molecule has 1 amide bonds. The molecule has 0 aromatic rings. The lowest BCUT2D eigenvalue weighted by Crippen LogP contribution is -2.45. The van der Waals surface area contributed by atoms with Gasteiger partial charge in [-0.15, -0.1) is 0 Å². The number of esters is 1. The summed E-state index contributed by atoms with van der Waals surface area (Å²) in [7, 11) is 0. The fourth-order valence-electron chi connectivity index (χ4n) is 10.1. The van der Waals surface area contributed by atoms with Crippen molar-refractivity contribution in [3.63, 3.8) is 0 Å². The van der Waals surface area contributed by atoms with Crippen LogP contribution in [0.15, 0.2) is 0 Å². The smallest absolute Gasteiger partial charge is 0.305 e. The van der Waals surface area contributed by atoms with E-state index in [0.29, 0.717) is 25.9 Å². The Morgan fingerprint density at radius 3 is 0.897 bits per heavy atom. The predicted molar refractivity (Wildman–Crippen MR) is 297 cm³/mol. The van der Waals surface area contributed by atoms with Crippen LogP contribution >= 0.6 is 0 Å². The fraction of sp³-hybridized carbons (Fsp3) is 0.968. The number of unbranched alkanes of at least 4 members (excludes halogenated alkanes) is 48. The van der Waals surface area contributed by atoms with Crippen LogP contribution in [0.25, 0.3) is 0 Å². The summed E-state index contributed by atoms with van der Waals surface area (Å²) in [6.45, 7) is 4.93. The Bertz CT molecular complexity index is 975. The standard InChI is InChI=1S/C62H123NO5/c1-3-5-7-9-11-13-15-17-19-21-23-24-25-26-27-28-29-31-33-35-38-42-46-50-54-60(65)59(58-64)63-61(66)55-51-47-43-39-37-41-45-49-53-57-68-62(67)56-52-48-44-40-36-34-32-30-22-20-18-16-14-12-10-8-6-4-2/h59-60,64-65H,3-58H2,1-2H3,(H,63,66). The third-order valence-corrected chi connectivity index (χ3v) is 14.9. The van der Waals surface area contributed by atoms with E-state index in [2.05, 4.69) is 19.2 Å². The summed E-state index contributed by atoms with van der Waals surface area (Å²) in [6, 6.07) is -0.561. The molecular weight excluding hydrogens is 839 g/mol. The molecule has 0 saturated carbocycles. The van der Waals surface area contributed by atoms with Crippen LogP contribution in [-0.2, 0) is 14.3 Å². The normalized spacial score (nSPS) is 12.5. The second-order valence-electron chi connectivity index (χ2n) is 21.8. The molecule has 3 N–H and O–H groups in total. The highest BCUT2D eigenvalue weighted by atomic mass is 16.5. The molecule has 0 aromatic heterocycles. The highest BCUT2D eigenvalue weighted by molar-refractivity contribution is 5.76. The van der Waals surface area contributed by atoms with E-state index >= 15 is 0 Å². The van der Waals surface area contributed by atoms with Crippen molar-refractivity contribution < 1.29 is 24.5 Å². The van der Waals surface area contributed by atoms with Crippen LogP contribution in [0.4, 0.5) is 0 Å². The Hall–Kier alpha value is -1.14. The highest BCUT2D eigenvalue weighted by Gasteiger charge is 2.20. The first kappa shape index (κ1) is 66.9. The third-order valence-electron chi connectivity index (χ3n) is 14.9. The van der Waals surface area contributed by atoms with Crippen molar-refractivity contribution in [2.75, 3.05) is 13.2 Å². The Morgan fingerprint density at radius 2 is 0.603 bits per heavy atom. The van der Waals surface area contributed by atoms with Crippen LogP contribution in [0, 0.1) is 0 Å². The van der Waals surface area contributed by atoms with Gasteiger partial charge in [-0.2, -0.15) is 0 Å². The van der Waals surface area contributed by atoms with E-state index in [0.717, 1.165) is 57.8 Å². The zero-order chi connectivity index (χ0) is 49.3. The van der Waals surface area contributed by atoms with Crippen molar-refractivity contribution in [1.29, 1.82) is 0 Å². The number of hydrogen-bond donors (Lipinski definition) is 3. The number of aliphatic hydroxyl groups excluding tert-OH is 2. The van der Waals surface area contributed by atoms with Crippen molar-refractivity contribution in [1.82, 2.24) is 5.32 Å². The maximum absolute atomic E-state index is 12.5. The molecule has 6 heteroatoms. The number of aliphatic hydroxyl groups is 2. The molecule has 0 fully saturated rings. The molecule has 406 valence electrons. The number of rotatable bonds is 59. The number of hydrogen-bond acceptors (Lipinski definition) is 5. The number of carbonyl (C=O) groups is 2. The number of nitrogens with one attached hydrogen (secondary N) is 1. The molecule has 2 atom stereocenters. The first-order valence-corrected chi connectivity index (χ1v) is 31.3. The summed E-state index contributed by atoms with van der Waals surface area (Å²) < 4.78 is 5.48. The van der Waals surface area contributed by atoms with Crippen LogP contribution in [0.1, 0.15) is 361 Å². The molecule has 0 bridgehead atoms. The monoisotopic (exact) mass is 962 g/mol. The predicted octanol–water partition coefficient (Wildman–Crippen LogP) is 19.5. The van der Waals surface area contributed by atoms with Crippen LogP contribution < -0.4 is 5.32 Å². The zero-order valence-corrected chi connectivity index (χ0v) is 46.4. The number of ether oxygens (including phenoxy) is 1. The maximum Gasteiger partial charge on any atom is 0.305 e. The molecule has 0 spiro atoms. The van der Waals surface area contributed by atoms with Gasteiger partial charge in [-0.05, 0) is 25.7 Å². The van der Waals surface area contributed by atoms with E-state index in [4.69, 9.17) is 4.74 Å². The van der Waals surface area contributed by atoms with E-state index in [-0.39, 0.29) is 18.5 Å². The Kier molecular flexibility index (Phi) is 57.5. The summed E-state index contributed by atoms with van der Waals surface area (Å²) in [5, 5.41) is 23.4. The Morgan fingerprint density at radius 1 is 0.353 bits per heavy atom. The van der Waals surface area contributed by atoms with Gasteiger partial charge in [0.25, 0.3) is 0 Å². The van der Waals surface area contributed by atoms with Gasteiger partial charge in [-0.25, -0.2) is 0 Å². The lowest BCUT2D eigenvalue weighted by Gasteiger charge is -2.22. The average molecular weight is 963 g/mol. The number of amides is 1. The largest absolute Gasteiger partial charge is 0.466 e. The van der Waals surface area contributed by atoms with E-state index in [1.165, 1.54) is 270 Å². The zero-order valence-electron chi connectivity index (χ0n) is 46.4. The van der Waals surface area contributed by atoms with Crippen LogP contribution in [0.5, 0.6) is 0 Å². The Balaban J connectivity index is 3.43. The first-order chi connectivity index (χ1) is 33.5. The fourth-order valence-corrected chi connectivity index (χ4v) is 10.1. The summed E-state index contributed by atoms with van der Waals surface area (Å²) in [5.74, 6) is -0.0753. The lowest BCUT2D eigenvalue weighted by molar-refractivity contribution is -0.143. The van der Waals surface area contributed by atoms with Gasteiger partial charge in [0.05, 0.1) is 25.4 Å². The van der Waals surface area contributed by atoms with E-state index in [1.807, 2.05) is 0 Å². The molecule has 0 aromatic carbocycles. The summed E-state index contributed by atoms with van der Waals surface area (Å²) >= 11 is 0. The first-order valence-electron chi connectivity index (χ1n) is 31.3. The minimum atomic E-state index is -0.681. The lowest BCUT2D eigenvalue weighted by atomic mass is 10.0. The molecule has 0 radical (unpaired) electrons. The molecule has 0 rings (SSSR count). The van der Waals surface area contributed by atoms with E-state index < -0.39 is 12.1 Å². The van der Waals surface area contributed by atoms with Crippen LogP contribution in [-0.4, -0.2) is 47.4 Å². The molecule has 2 unspecified atom stereocenters. The molecule has 6 nitrogen and oxygen atoms in total. The van der Waals surface area contributed by atoms with Gasteiger partial charge in [0, 0.05) is 12.8 Å². The minimum Gasteiger partial charge on any atom is -0.466 e. The average Bonchev–Trinajstić information content (AvgIpc) is 3.34. The molecule has 0 aliphatic heterocycles. The SMILES string of the molecule is CCCCCCCCCCCCCCCCCCCCCCCCCCC(O)C(CO)NC(=O)CCCCCCCCCCCOC(=O)CCCCCCCCCCCCCCCCCCCC. The third kappa shape index (κ3) is 54.2.